The van der Waals surface area contributed by atoms with Crippen molar-refractivity contribution in [2.45, 2.75) is 18.2 Å². The second kappa shape index (κ2) is 6.39. The summed E-state index contributed by atoms with van der Waals surface area (Å²) in [4.78, 5) is 10.9. The van der Waals surface area contributed by atoms with Gasteiger partial charge in [-0.05, 0) is 23.1 Å². The minimum atomic E-state index is -0.317. The number of hydrogen-bond donors (Lipinski definition) is 1. The monoisotopic (exact) mass is 273 g/mol. The van der Waals surface area contributed by atoms with Crippen LogP contribution in [0.3, 0.4) is 0 Å². The van der Waals surface area contributed by atoms with E-state index in [1.165, 1.54) is 0 Å². The van der Waals surface area contributed by atoms with E-state index in [-0.39, 0.29) is 11.3 Å². The first kappa shape index (κ1) is 13.6. The zero-order valence-electron chi connectivity index (χ0n) is 10.6. The van der Waals surface area contributed by atoms with Gasteiger partial charge in [-0.25, -0.2) is 0 Å². The summed E-state index contributed by atoms with van der Waals surface area (Å²) in [6, 6.07) is 18.1. The maximum atomic E-state index is 10.9. The first-order chi connectivity index (χ1) is 9.18. The van der Waals surface area contributed by atoms with Gasteiger partial charge >= 0.3 is 0 Å². The summed E-state index contributed by atoms with van der Waals surface area (Å²) in [7, 11) is 0. The molecule has 2 rings (SSSR count). The van der Waals surface area contributed by atoms with Gasteiger partial charge in [-0.15, -0.1) is 11.6 Å². The molecule has 2 nitrogen and oxygen atoms in total. The molecule has 0 saturated heterocycles. The Morgan fingerprint density at radius 2 is 1.68 bits per heavy atom. The lowest BCUT2D eigenvalue weighted by molar-refractivity contribution is -0.118. The number of carbonyl (C=O) groups is 1. The highest BCUT2D eigenvalue weighted by atomic mass is 35.5. The van der Waals surface area contributed by atoms with E-state index in [0.29, 0.717) is 12.8 Å². The van der Waals surface area contributed by atoms with Crippen molar-refractivity contribution in [1.82, 2.24) is 0 Å². The first-order valence-corrected chi connectivity index (χ1v) is 6.69. The van der Waals surface area contributed by atoms with E-state index < -0.39 is 0 Å². The average molecular weight is 274 g/mol. The largest absolute Gasteiger partial charge is 0.370 e. The van der Waals surface area contributed by atoms with Crippen molar-refractivity contribution in [2.75, 3.05) is 0 Å². The van der Waals surface area contributed by atoms with Crippen LogP contribution in [0.2, 0.25) is 0 Å². The normalized spacial score (nSPS) is 12.1. The molecule has 1 atom stereocenters. The van der Waals surface area contributed by atoms with Gasteiger partial charge in [0, 0.05) is 6.42 Å². The summed E-state index contributed by atoms with van der Waals surface area (Å²) in [5, 5.41) is -0.205. The number of nitrogens with two attached hydrogens (primary N) is 1. The van der Waals surface area contributed by atoms with Gasteiger partial charge in [-0.3, -0.25) is 4.79 Å². The summed E-state index contributed by atoms with van der Waals surface area (Å²) in [5.41, 5.74) is 8.44. The molecule has 0 saturated carbocycles. The third-order valence-electron chi connectivity index (χ3n) is 3.03. The van der Waals surface area contributed by atoms with Gasteiger partial charge in [-0.1, -0.05) is 54.6 Å². The average Bonchev–Trinajstić information content (AvgIpc) is 2.45. The highest BCUT2D eigenvalue weighted by molar-refractivity contribution is 6.21. The van der Waals surface area contributed by atoms with Crippen molar-refractivity contribution >= 4 is 17.5 Å². The Balaban J connectivity index is 2.28. The molecule has 0 fully saturated rings. The highest BCUT2D eigenvalue weighted by Crippen LogP contribution is 2.34. The van der Waals surface area contributed by atoms with Crippen LogP contribution in [0, 0.1) is 0 Å². The summed E-state index contributed by atoms with van der Waals surface area (Å²) >= 11 is 6.40. The zero-order chi connectivity index (χ0) is 13.7. The number of rotatable bonds is 5. The van der Waals surface area contributed by atoms with Crippen LogP contribution in [0.1, 0.15) is 23.8 Å². The molecule has 1 unspecified atom stereocenters. The first-order valence-electron chi connectivity index (χ1n) is 6.25. The van der Waals surface area contributed by atoms with Gasteiger partial charge in [0.2, 0.25) is 5.91 Å². The lowest BCUT2D eigenvalue weighted by atomic mass is 9.96. The summed E-state index contributed by atoms with van der Waals surface area (Å²) < 4.78 is 0. The van der Waals surface area contributed by atoms with E-state index >= 15 is 0 Å². The van der Waals surface area contributed by atoms with Crippen LogP contribution < -0.4 is 5.73 Å². The molecule has 19 heavy (non-hydrogen) atoms. The van der Waals surface area contributed by atoms with Crippen LogP contribution in [0.5, 0.6) is 0 Å². The predicted molar refractivity (Wildman–Crippen MR) is 78.9 cm³/mol. The van der Waals surface area contributed by atoms with E-state index in [1.807, 2.05) is 42.5 Å². The van der Waals surface area contributed by atoms with E-state index in [2.05, 4.69) is 12.1 Å². The minimum absolute atomic E-state index is 0.205. The molecule has 0 bridgehead atoms. The number of alkyl halides is 1. The molecule has 2 N–H and O–H groups in total. The number of halogens is 1. The molecular formula is C16H16ClNO. The highest BCUT2D eigenvalue weighted by Gasteiger charge is 2.14. The fraction of sp³-hybridized carbons (Fsp3) is 0.188. The van der Waals surface area contributed by atoms with Crippen molar-refractivity contribution in [3.05, 3.63) is 60.2 Å². The topological polar surface area (TPSA) is 43.1 Å². The van der Waals surface area contributed by atoms with Gasteiger partial charge in [-0.2, -0.15) is 0 Å². The third kappa shape index (κ3) is 3.58. The molecule has 0 aromatic heterocycles. The minimum Gasteiger partial charge on any atom is -0.370 e. The maximum Gasteiger partial charge on any atom is 0.217 e. The van der Waals surface area contributed by atoms with Crippen LogP contribution in [0.25, 0.3) is 11.1 Å². The van der Waals surface area contributed by atoms with Gasteiger partial charge in [0.15, 0.2) is 0 Å². The van der Waals surface area contributed by atoms with E-state index in [1.54, 1.807) is 0 Å². The van der Waals surface area contributed by atoms with Gasteiger partial charge < -0.3 is 5.73 Å². The Morgan fingerprint density at radius 3 is 2.37 bits per heavy atom. The molecule has 0 aliphatic rings. The number of primary amides is 1. The standard InChI is InChI=1S/C16H16ClNO/c17-15(10-11-16(18)19)14-9-5-4-8-13(14)12-6-2-1-3-7-12/h1-9,15H,10-11H2,(H2,18,19). The fourth-order valence-electron chi connectivity index (χ4n) is 2.08. The second-order valence-electron chi connectivity index (χ2n) is 4.43. The quantitative estimate of drug-likeness (QED) is 0.825. The molecule has 0 spiro atoms. The predicted octanol–water partition coefficient (Wildman–Crippen LogP) is 3.90. The lowest BCUT2D eigenvalue weighted by Crippen LogP contribution is -2.11. The smallest absolute Gasteiger partial charge is 0.217 e. The molecule has 1 amide bonds. The van der Waals surface area contributed by atoms with Crippen molar-refractivity contribution in [3.63, 3.8) is 0 Å². The molecule has 0 radical (unpaired) electrons. The second-order valence-corrected chi connectivity index (χ2v) is 4.95. The van der Waals surface area contributed by atoms with Crippen LogP contribution >= 0.6 is 11.6 Å². The lowest BCUT2D eigenvalue weighted by Gasteiger charge is -2.14. The Labute approximate surface area is 118 Å². The third-order valence-corrected chi connectivity index (χ3v) is 3.48. The zero-order valence-corrected chi connectivity index (χ0v) is 11.3. The Hall–Kier alpha value is -1.80. The number of hydrogen-bond acceptors (Lipinski definition) is 1. The number of amides is 1. The van der Waals surface area contributed by atoms with Crippen LogP contribution in [0.4, 0.5) is 0 Å². The molecule has 0 heterocycles. The molecule has 2 aromatic rings. The Kier molecular flexibility index (Phi) is 4.58. The van der Waals surface area contributed by atoms with Gasteiger partial charge in [0.1, 0.15) is 0 Å². The number of benzene rings is 2. The van der Waals surface area contributed by atoms with E-state index in [4.69, 9.17) is 17.3 Å². The van der Waals surface area contributed by atoms with Gasteiger partial charge in [0.25, 0.3) is 0 Å². The Morgan fingerprint density at radius 1 is 1.05 bits per heavy atom. The molecule has 0 aliphatic carbocycles. The number of carbonyl (C=O) groups excluding carboxylic acids is 1. The van der Waals surface area contributed by atoms with Crippen LogP contribution in [-0.4, -0.2) is 5.91 Å². The van der Waals surface area contributed by atoms with Crippen LogP contribution in [-0.2, 0) is 4.79 Å². The van der Waals surface area contributed by atoms with Crippen molar-refractivity contribution in [1.29, 1.82) is 0 Å². The summed E-state index contributed by atoms with van der Waals surface area (Å²) in [6.45, 7) is 0. The maximum absolute atomic E-state index is 10.9. The van der Waals surface area contributed by atoms with Crippen molar-refractivity contribution in [2.24, 2.45) is 5.73 Å². The van der Waals surface area contributed by atoms with Crippen molar-refractivity contribution < 1.29 is 4.79 Å². The van der Waals surface area contributed by atoms with E-state index in [9.17, 15) is 4.79 Å². The molecule has 3 heteroatoms. The summed E-state index contributed by atoms with van der Waals surface area (Å²) in [6.07, 6.45) is 0.859. The van der Waals surface area contributed by atoms with Crippen molar-refractivity contribution in [3.8, 4) is 11.1 Å². The molecule has 2 aromatic carbocycles. The summed E-state index contributed by atoms with van der Waals surface area (Å²) in [5.74, 6) is -0.317. The fourth-order valence-corrected chi connectivity index (χ4v) is 2.37. The molecular weight excluding hydrogens is 258 g/mol. The van der Waals surface area contributed by atoms with Gasteiger partial charge in [0.05, 0.1) is 5.38 Å². The molecule has 98 valence electrons. The SMILES string of the molecule is NC(=O)CCC(Cl)c1ccccc1-c1ccccc1. The Bertz CT molecular complexity index is 554. The van der Waals surface area contributed by atoms with Crippen LogP contribution in [0.15, 0.2) is 54.6 Å². The van der Waals surface area contributed by atoms with E-state index in [0.717, 1.165) is 16.7 Å². The molecule has 0 aliphatic heterocycles.